The van der Waals surface area contributed by atoms with Gasteiger partial charge < -0.3 is 4.74 Å². The molecule has 0 atom stereocenters. The molecule has 0 amide bonds. The first kappa shape index (κ1) is 18.0. The third-order valence-electron chi connectivity index (χ3n) is 5.11. The fourth-order valence-corrected chi connectivity index (χ4v) is 3.69. The van der Waals surface area contributed by atoms with Crippen molar-refractivity contribution in [1.82, 2.24) is 9.13 Å². The summed E-state index contributed by atoms with van der Waals surface area (Å²) in [5.74, 6) is -0.470. The molecule has 0 fully saturated rings. The van der Waals surface area contributed by atoms with Crippen molar-refractivity contribution in [3.63, 3.8) is 0 Å². The second-order valence-corrected chi connectivity index (χ2v) is 6.85. The molecule has 0 spiro atoms. The first-order chi connectivity index (χ1) is 13.6. The second-order valence-electron chi connectivity index (χ2n) is 6.85. The Labute approximate surface area is 161 Å². The van der Waals surface area contributed by atoms with Gasteiger partial charge in [-0.15, -0.1) is 0 Å². The average Bonchev–Trinajstić information content (AvgIpc) is 2.88. The highest BCUT2D eigenvalue weighted by atomic mass is 16.5. The molecule has 0 bridgehead atoms. The van der Waals surface area contributed by atoms with Crippen molar-refractivity contribution < 1.29 is 9.53 Å². The predicted molar refractivity (Wildman–Crippen MR) is 106 cm³/mol. The molecule has 0 saturated carbocycles. The van der Waals surface area contributed by atoms with Crippen LogP contribution in [0.5, 0.6) is 0 Å². The molecule has 1 aliphatic carbocycles. The number of carbonyl (C=O) groups is 1. The van der Waals surface area contributed by atoms with E-state index in [2.05, 4.69) is 0 Å². The van der Waals surface area contributed by atoms with E-state index in [0.717, 1.165) is 16.7 Å². The number of aromatic nitrogens is 2. The lowest BCUT2D eigenvalue weighted by Crippen LogP contribution is -2.41. The molecule has 0 saturated heterocycles. The van der Waals surface area contributed by atoms with Crippen LogP contribution in [0.3, 0.4) is 0 Å². The standard InChI is InChI=1S/C22H20N2O4/c1-28-21(26)17-11-16-9-5-6-10-18(16)19-12-20(25)24(22(27)23(19)14-17)13-15-7-3-2-4-8-15/h2-8,11-12H,9-10,13-14H2,1H3. The highest BCUT2D eigenvalue weighted by Crippen LogP contribution is 2.32. The summed E-state index contributed by atoms with van der Waals surface area (Å²) in [5, 5.41) is 0. The van der Waals surface area contributed by atoms with Gasteiger partial charge in [0.1, 0.15) is 0 Å². The molecule has 2 aromatic rings. The molecule has 1 aromatic heterocycles. The molecule has 4 rings (SSSR count). The molecule has 2 aliphatic rings. The Morgan fingerprint density at radius 1 is 1.11 bits per heavy atom. The normalized spacial score (nSPS) is 15.4. The van der Waals surface area contributed by atoms with E-state index in [1.807, 2.05) is 42.5 Å². The number of hydrogen-bond acceptors (Lipinski definition) is 4. The average molecular weight is 376 g/mol. The molecular formula is C22H20N2O4. The molecule has 6 nitrogen and oxygen atoms in total. The van der Waals surface area contributed by atoms with Gasteiger partial charge in [0, 0.05) is 6.07 Å². The minimum atomic E-state index is -0.470. The number of allylic oxidation sites excluding steroid dienone is 5. The minimum Gasteiger partial charge on any atom is -0.466 e. The molecule has 1 aromatic carbocycles. The number of rotatable bonds is 3. The van der Waals surface area contributed by atoms with Crippen molar-refractivity contribution >= 4 is 11.5 Å². The van der Waals surface area contributed by atoms with E-state index < -0.39 is 11.7 Å². The number of carbonyl (C=O) groups excluding carboxylic acids is 1. The molecule has 28 heavy (non-hydrogen) atoms. The summed E-state index contributed by atoms with van der Waals surface area (Å²) in [7, 11) is 1.32. The zero-order valence-electron chi connectivity index (χ0n) is 15.6. The summed E-state index contributed by atoms with van der Waals surface area (Å²) in [4.78, 5) is 38.2. The maximum absolute atomic E-state index is 13.2. The van der Waals surface area contributed by atoms with Crippen molar-refractivity contribution in [2.75, 3.05) is 7.11 Å². The molecule has 0 unspecified atom stereocenters. The summed E-state index contributed by atoms with van der Waals surface area (Å²) in [5.41, 5.74) is 2.91. The van der Waals surface area contributed by atoms with Gasteiger partial charge in [0.05, 0.1) is 31.5 Å². The van der Waals surface area contributed by atoms with Crippen LogP contribution in [0.15, 0.2) is 75.4 Å². The van der Waals surface area contributed by atoms with E-state index in [1.165, 1.54) is 22.3 Å². The Bertz CT molecular complexity index is 1150. The minimum absolute atomic E-state index is 0.0723. The summed E-state index contributed by atoms with van der Waals surface area (Å²) < 4.78 is 7.61. The number of methoxy groups -OCH3 is 1. The van der Waals surface area contributed by atoms with Crippen LogP contribution in [-0.2, 0) is 22.6 Å². The molecule has 142 valence electrons. The monoisotopic (exact) mass is 376 g/mol. The summed E-state index contributed by atoms with van der Waals surface area (Å²) >= 11 is 0. The lowest BCUT2D eigenvalue weighted by Gasteiger charge is -2.18. The third-order valence-corrected chi connectivity index (χ3v) is 5.11. The molecule has 2 heterocycles. The molecule has 6 heteroatoms. The van der Waals surface area contributed by atoms with E-state index in [4.69, 9.17) is 4.74 Å². The van der Waals surface area contributed by atoms with Gasteiger partial charge in [-0.25, -0.2) is 9.59 Å². The van der Waals surface area contributed by atoms with Gasteiger partial charge in [0.25, 0.3) is 5.56 Å². The van der Waals surface area contributed by atoms with Crippen molar-refractivity contribution in [2.24, 2.45) is 0 Å². The fourth-order valence-electron chi connectivity index (χ4n) is 3.69. The largest absolute Gasteiger partial charge is 0.466 e. The van der Waals surface area contributed by atoms with Gasteiger partial charge in [-0.2, -0.15) is 0 Å². The summed E-state index contributed by atoms with van der Waals surface area (Å²) in [6.07, 6.45) is 7.09. The van der Waals surface area contributed by atoms with E-state index in [-0.39, 0.29) is 18.6 Å². The highest BCUT2D eigenvalue weighted by Gasteiger charge is 2.24. The molecule has 1 aliphatic heterocycles. The van der Waals surface area contributed by atoms with Gasteiger partial charge in [-0.3, -0.25) is 13.9 Å². The number of esters is 1. The third kappa shape index (κ3) is 3.17. The van der Waals surface area contributed by atoms with Crippen LogP contribution in [0, 0.1) is 0 Å². The zero-order valence-corrected chi connectivity index (χ0v) is 15.6. The van der Waals surface area contributed by atoms with E-state index in [1.54, 1.807) is 6.08 Å². The van der Waals surface area contributed by atoms with Crippen LogP contribution in [-0.4, -0.2) is 22.2 Å². The summed E-state index contributed by atoms with van der Waals surface area (Å²) in [6.45, 7) is 0.255. The number of fused-ring (bicyclic) bond motifs is 2. The van der Waals surface area contributed by atoms with Crippen molar-refractivity contribution in [2.45, 2.75) is 25.9 Å². The topological polar surface area (TPSA) is 70.3 Å². The van der Waals surface area contributed by atoms with Gasteiger partial charge in [0.2, 0.25) is 0 Å². The SMILES string of the molecule is COC(=O)C1=CC2=C(CC=CC2)c2cc(=O)n(Cc3ccccc3)c(=O)n2C1. The van der Waals surface area contributed by atoms with Gasteiger partial charge in [0.15, 0.2) is 0 Å². The number of nitrogens with zero attached hydrogens (tertiary/aromatic N) is 2. The van der Waals surface area contributed by atoms with Crippen LogP contribution >= 0.6 is 0 Å². The van der Waals surface area contributed by atoms with E-state index in [9.17, 15) is 14.4 Å². The Morgan fingerprint density at radius 2 is 1.86 bits per heavy atom. The first-order valence-electron chi connectivity index (χ1n) is 9.13. The smallest absolute Gasteiger partial charge is 0.335 e. The Balaban J connectivity index is 1.89. The lowest BCUT2D eigenvalue weighted by molar-refractivity contribution is -0.136. The van der Waals surface area contributed by atoms with E-state index >= 15 is 0 Å². The number of hydrogen-bond donors (Lipinski definition) is 0. The van der Waals surface area contributed by atoms with Gasteiger partial charge in [-0.05, 0) is 35.6 Å². The Morgan fingerprint density at radius 3 is 2.61 bits per heavy atom. The quantitative estimate of drug-likeness (QED) is 0.609. The fraction of sp³-hybridized carbons (Fsp3) is 0.227. The van der Waals surface area contributed by atoms with Crippen molar-refractivity contribution in [3.8, 4) is 0 Å². The lowest BCUT2D eigenvalue weighted by atomic mass is 9.94. The first-order valence-corrected chi connectivity index (χ1v) is 9.13. The summed E-state index contributed by atoms with van der Waals surface area (Å²) in [6, 6.07) is 10.9. The van der Waals surface area contributed by atoms with Crippen LogP contribution in [0.2, 0.25) is 0 Å². The van der Waals surface area contributed by atoms with Crippen molar-refractivity contribution in [1.29, 1.82) is 0 Å². The molecule has 0 N–H and O–H groups in total. The van der Waals surface area contributed by atoms with Gasteiger partial charge in [-0.1, -0.05) is 42.5 Å². The maximum atomic E-state index is 13.2. The predicted octanol–water partition coefficient (Wildman–Crippen LogP) is 2.27. The Kier molecular flexibility index (Phi) is 4.69. The number of ether oxygens (including phenoxy) is 1. The zero-order chi connectivity index (χ0) is 19.7. The molecule has 0 radical (unpaired) electrons. The molecular weight excluding hydrogens is 356 g/mol. The Hall–Kier alpha value is -3.41. The van der Waals surface area contributed by atoms with Crippen LogP contribution in [0.4, 0.5) is 0 Å². The highest BCUT2D eigenvalue weighted by molar-refractivity contribution is 5.90. The van der Waals surface area contributed by atoms with E-state index in [0.29, 0.717) is 24.1 Å². The van der Waals surface area contributed by atoms with Crippen LogP contribution in [0.1, 0.15) is 24.1 Å². The number of benzene rings is 1. The maximum Gasteiger partial charge on any atom is 0.335 e. The van der Waals surface area contributed by atoms with Crippen LogP contribution in [0.25, 0.3) is 5.57 Å². The van der Waals surface area contributed by atoms with Gasteiger partial charge >= 0.3 is 11.7 Å². The second kappa shape index (κ2) is 7.31. The van der Waals surface area contributed by atoms with Crippen molar-refractivity contribution in [3.05, 3.63) is 97.9 Å². The van der Waals surface area contributed by atoms with Crippen LogP contribution < -0.4 is 11.2 Å².